The summed E-state index contributed by atoms with van der Waals surface area (Å²) in [5.41, 5.74) is 1.15. The fourth-order valence-corrected chi connectivity index (χ4v) is 2.97. The summed E-state index contributed by atoms with van der Waals surface area (Å²) in [6.45, 7) is 8.69. The van der Waals surface area contributed by atoms with Gasteiger partial charge >= 0.3 is 0 Å². The fraction of sp³-hybridized carbons (Fsp3) is 0.611. The maximum absolute atomic E-state index is 5.77. The lowest BCUT2D eigenvalue weighted by molar-refractivity contribution is 0.0258. The molecule has 0 aliphatic carbocycles. The summed E-state index contributed by atoms with van der Waals surface area (Å²) in [6.07, 6.45) is 1.23. The second-order valence-corrected chi connectivity index (χ2v) is 6.70. The predicted molar refractivity (Wildman–Crippen MR) is 104 cm³/mol. The molecule has 0 bridgehead atoms. The standard InChI is InChI=1S/C18H30BrN3O2/c1-6-24-16(13(2)3)9-10-21-18(20-4)22-12-14-7-8-17(23-5)15(19)11-14/h7-8,11,13,16H,6,9-10,12H2,1-5H3,(H2,20,21,22). The Hall–Kier alpha value is -1.27. The number of aliphatic imine (C=N–C) groups is 1. The molecule has 0 aromatic heterocycles. The van der Waals surface area contributed by atoms with Crippen LogP contribution >= 0.6 is 15.9 Å². The van der Waals surface area contributed by atoms with Crippen molar-refractivity contribution >= 4 is 21.9 Å². The molecule has 1 atom stereocenters. The van der Waals surface area contributed by atoms with Crippen molar-refractivity contribution < 1.29 is 9.47 Å². The summed E-state index contributed by atoms with van der Waals surface area (Å²) >= 11 is 3.50. The van der Waals surface area contributed by atoms with Gasteiger partial charge in [0.2, 0.25) is 0 Å². The Balaban J connectivity index is 2.44. The summed E-state index contributed by atoms with van der Waals surface area (Å²) in [5.74, 6) is 2.14. The van der Waals surface area contributed by atoms with Crippen LogP contribution in [0.2, 0.25) is 0 Å². The molecular formula is C18H30BrN3O2. The monoisotopic (exact) mass is 399 g/mol. The largest absolute Gasteiger partial charge is 0.496 e. The van der Waals surface area contributed by atoms with E-state index in [-0.39, 0.29) is 6.10 Å². The molecule has 0 radical (unpaired) electrons. The van der Waals surface area contributed by atoms with Crippen LogP contribution in [0.1, 0.15) is 32.8 Å². The summed E-state index contributed by atoms with van der Waals surface area (Å²) in [5, 5.41) is 6.66. The van der Waals surface area contributed by atoms with E-state index in [1.807, 2.05) is 25.1 Å². The zero-order valence-corrected chi connectivity index (χ0v) is 16.9. The summed E-state index contributed by atoms with van der Waals surface area (Å²) in [7, 11) is 3.44. The Labute approximate surface area is 154 Å². The zero-order valence-electron chi connectivity index (χ0n) is 15.4. The lowest BCUT2D eigenvalue weighted by Gasteiger charge is -2.21. The average Bonchev–Trinajstić information content (AvgIpc) is 2.56. The smallest absolute Gasteiger partial charge is 0.191 e. The Morgan fingerprint density at radius 1 is 1.29 bits per heavy atom. The van der Waals surface area contributed by atoms with Crippen LogP contribution < -0.4 is 15.4 Å². The highest BCUT2D eigenvalue weighted by Gasteiger charge is 2.13. The van der Waals surface area contributed by atoms with E-state index in [9.17, 15) is 0 Å². The number of rotatable bonds is 9. The molecule has 5 nitrogen and oxygen atoms in total. The van der Waals surface area contributed by atoms with Crippen LogP contribution in [0, 0.1) is 5.92 Å². The number of methoxy groups -OCH3 is 1. The van der Waals surface area contributed by atoms with Crippen molar-refractivity contribution in [3.8, 4) is 5.75 Å². The van der Waals surface area contributed by atoms with Gasteiger partial charge in [-0.2, -0.15) is 0 Å². The van der Waals surface area contributed by atoms with Gasteiger partial charge in [0, 0.05) is 26.7 Å². The van der Waals surface area contributed by atoms with E-state index >= 15 is 0 Å². The van der Waals surface area contributed by atoms with Crippen LogP contribution in [-0.4, -0.2) is 39.4 Å². The molecule has 0 fully saturated rings. The molecule has 0 saturated heterocycles. The van der Waals surface area contributed by atoms with Crippen molar-refractivity contribution in [1.82, 2.24) is 10.6 Å². The molecule has 0 saturated carbocycles. The summed E-state index contributed by atoms with van der Waals surface area (Å²) < 4.78 is 12.0. The van der Waals surface area contributed by atoms with Crippen molar-refractivity contribution in [2.75, 3.05) is 27.3 Å². The molecule has 136 valence electrons. The number of hydrogen-bond donors (Lipinski definition) is 2. The van der Waals surface area contributed by atoms with Gasteiger partial charge in [-0.15, -0.1) is 0 Å². The predicted octanol–water partition coefficient (Wildman–Crippen LogP) is 3.57. The first-order valence-corrected chi connectivity index (χ1v) is 9.19. The number of nitrogens with zero attached hydrogens (tertiary/aromatic N) is 1. The van der Waals surface area contributed by atoms with Crippen LogP contribution in [0.4, 0.5) is 0 Å². The van der Waals surface area contributed by atoms with Crippen LogP contribution in [0.3, 0.4) is 0 Å². The first kappa shape index (κ1) is 20.8. The lowest BCUT2D eigenvalue weighted by atomic mass is 10.0. The molecule has 24 heavy (non-hydrogen) atoms. The maximum atomic E-state index is 5.77. The molecule has 6 heteroatoms. The van der Waals surface area contributed by atoms with Crippen LogP contribution in [0.15, 0.2) is 27.7 Å². The van der Waals surface area contributed by atoms with Crippen LogP contribution in [0.25, 0.3) is 0 Å². The highest BCUT2D eigenvalue weighted by atomic mass is 79.9. The molecule has 1 rings (SSSR count). The minimum Gasteiger partial charge on any atom is -0.496 e. The van der Waals surface area contributed by atoms with Crippen molar-refractivity contribution in [1.29, 1.82) is 0 Å². The van der Waals surface area contributed by atoms with Gasteiger partial charge < -0.3 is 20.1 Å². The van der Waals surface area contributed by atoms with Gasteiger partial charge in [0.25, 0.3) is 0 Å². The van der Waals surface area contributed by atoms with E-state index in [1.165, 1.54) is 0 Å². The minimum absolute atomic E-state index is 0.276. The van der Waals surface area contributed by atoms with Crippen LogP contribution in [-0.2, 0) is 11.3 Å². The van der Waals surface area contributed by atoms with E-state index in [4.69, 9.17) is 9.47 Å². The topological polar surface area (TPSA) is 54.9 Å². The van der Waals surface area contributed by atoms with Crippen molar-refractivity contribution in [2.24, 2.45) is 10.9 Å². The van der Waals surface area contributed by atoms with Gasteiger partial charge in [0.15, 0.2) is 5.96 Å². The number of hydrogen-bond acceptors (Lipinski definition) is 3. The molecule has 0 spiro atoms. The number of halogens is 1. The van der Waals surface area contributed by atoms with Crippen molar-refractivity contribution in [2.45, 2.75) is 39.8 Å². The van der Waals surface area contributed by atoms with Gasteiger partial charge in [-0.3, -0.25) is 4.99 Å². The Kier molecular flexibility index (Phi) is 9.79. The average molecular weight is 400 g/mol. The molecule has 2 N–H and O–H groups in total. The zero-order chi connectivity index (χ0) is 17.9. The van der Waals surface area contributed by atoms with Gasteiger partial charge in [0.1, 0.15) is 5.75 Å². The second-order valence-electron chi connectivity index (χ2n) is 5.85. The van der Waals surface area contributed by atoms with E-state index < -0.39 is 0 Å². The third-order valence-electron chi connectivity index (χ3n) is 3.75. The maximum Gasteiger partial charge on any atom is 0.191 e. The minimum atomic E-state index is 0.276. The number of ether oxygens (including phenoxy) is 2. The lowest BCUT2D eigenvalue weighted by Crippen LogP contribution is -2.38. The molecular weight excluding hydrogens is 370 g/mol. The van der Waals surface area contributed by atoms with Gasteiger partial charge in [-0.1, -0.05) is 19.9 Å². The summed E-state index contributed by atoms with van der Waals surface area (Å²) in [4.78, 5) is 4.26. The van der Waals surface area contributed by atoms with Crippen LogP contribution in [0.5, 0.6) is 5.75 Å². The molecule has 0 aliphatic heterocycles. The SMILES string of the molecule is CCOC(CCNC(=NC)NCc1ccc(OC)c(Br)c1)C(C)C. The van der Waals surface area contributed by atoms with E-state index in [1.54, 1.807) is 14.2 Å². The molecule has 0 aliphatic rings. The number of nitrogens with one attached hydrogen (secondary N) is 2. The quantitative estimate of drug-likeness (QED) is 0.492. The van der Waals surface area contributed by atoms with E-state index in [2.05, 4.69) is 45.4 Å². The van der Waals surface area contributed by atoms with Crippen molar-refractivity contribution in [3.63, 3.8) is 0 Å². The molecule has 0 amide bonds. The highest BCUT2D eigenvalue weighted by Crippen LogP contribution is 2.25. The Morgan fingerprint density at radius 3 is 2.58 bits per heavy atom. The number of guanidine groups is 1. The van der Waals surface area contributed by atoms with E-state index in [0.717, 1.165) is 41.3 Å². The third kappa shape index (κ3) is 7.09. The first-order valence-electron chi connectivity index (χ1n) is 8.40. The van der Waals surface area contributed by atoms with Gasteiger partial charge in [-0.05, 0) is 52.9 Å². The fourth-order valence-electron chi connectivity index (χ4n) is 2.38. The van der Waals surface area contributed by atoms with Crippen molar-refractivity contribution in [3.05, 3.63) is 28.2 Å². The van der Waals surface area contributed by atoms with E-state index in [0.29, 0.717) is 12.5 Å². The third-order valence-corrected chi connectivity index (χ3v) is 4.37. The van der Waals surface area contributed by atoms with Gasteiger partial charge in [0.05, 0.1) is 17.7 Å². The molecule has 1 unspecified atom stereocenters. The molecule has 0 heterocycles. The summed E-state index contributed by atoms with van der Waals surface area (Å²) in [6, 6.07) is 6.03. The Morgan fingerprint density at radius 2 is 2.04 bits per heavy atom. The molecule has 1 aromatic rings. The highest BCUT2D eigenvalue weighted by molar-refractivity contribution is 9.10. The normalized spacial score (nSPS) is 13.0. The second kappa shape index (κ2) is 11.3. The Bertz CT molecular complexity index is 521. The first-order chi connectivity index (χ1) is 11.5. The molecule has 1 aromatic carbocycles. The number of benzene rings is 1. The van der Waals surface area contributed by atoms with Gasteiger partial charge in [-0.25, -0.2) is 0 Å².